The molecule has 0 aromatic heterocycles. The molecule has 0 unspecified atom stereocenters. The van der Waals surface area contributed by atoms with Gasteiger partial charge in [0.05, 0.1) is 27.2 Å². The summed E-state index contributed by atoms with van der Waals surface area (Å²) < 4.78 is 15.9. The lowest BCUT2D eigenvalue weighted by Gasteiger charge is -2.19. The van der Waals surface area contributed by atoms with Crippen LogP contribution in [0, 0.1) is 12.8 Å². The molecule has 2 aromatic carbocycles. The number of anilines is 2. The molecule has 0 aliphatic carbocycles. The van der Waals surface area contributed by atoms with Crippen molar-refractivity contribution in [3.8, 4) is 17.2 Å². The molecule has 0 saturated carbocycles. The number of hydrogen-bond donors (Lipinski definition) is 1. The second kappa shape index (κ2) is 8.21. The van der Waals surface area contributed by atoms with Crippen molar-refractivity contribution in [1.29, 1.82) is 0 Å². The first kappa shape index (κ1) is 19.5. The number of benzene rings is 2. The van der Waals surface area contributed by atoms with Crippen LogP contribution in [0.25, 0.3) is 0 Å². The molecule has 0 radical (unpaired) electrons. The standard InChI is InChI=1S/C21H24N2O5/c1-13-7-5-6-8-16(13)23-12-14(9-19(23)24)21(25)22-15-10-17(26-2)20(28-4)18(11-15)27-3/h5-8,10-11,14H,9,12H2,1-4H3,(H,22,25)/t14-/m0/s1. The van der Waals surface area contributed by atoms with Crippen LogP contribution >= 0.6 is 0 Å². The third-order valence-electron chi connectivity index (χ3n) is 4.83. The van der Waals surface area contributed by atoms with E-state index in [2.05, 4.69) is 5.32 Å². The van der Waals surface area contributed by atoms with E-state index in [9.17, 15) is 9.59 Å². The molecular formula is C21H24N2O5. The van der Waals surface area contributed by atoms with E-state index in [0.717, 1.165) is 11.3 Å². The number of nitrogens with one attached hydrogen (secondary N) is 1. The van der Waals surface area contributed by atoms with E-state index in [1.807, 2.05) is 31.2 Å². The van der Waals surface area contributed by atoms with Crippen LogP contribution in [-0.4, -0.2) is 39.7 Å². The summed E-state index contributed by atoms with van der Waals surface area (Å²) in [5.74, 6) is 0.622. The predicted octanol–water partition coefficient (Wildman–Crippen LogP) is 3.01. The van der Waals surface area contributed by atoms with Gasteiger partial charge in [0, 0.05) is 36.5 Å². The SMILES string of the molecule is COc1cc(NC(=O)[C@H]2CC(=O)N(c3ccccc3C)C2)cc(OC)c1OC. The second-order valence-electron chi connectivity index (χ2n) is 6.60. The number of ether oxygens (including phenoxy) is 3. The summed E-state index contributed by atoms with van der Waals surface area (Å²) in [5, 5.41) is 2.86. The predicted molar refractivity (Wildman–Crippen MR) is 106 cm³/mol. The quantitative estimate of drug-likeness (QED) is 0.828. The van der Waals surface area contributed by atoms with E-state index in [1.54, 1.807) is 17.0 Å². The van der Waals surface area contributed by atoms with Gasteiger partial charge in [-0.3, -0.25) is 9.59 Å². The van der Waals surface area contributed by atoms with E-state index in [4.69, 9.17) is 14.2 Å². The van der Waals surface area contributed by atoms with Gasteiger partial charge in [0.2, 0.25) is 17.6 Å². The Hall–Kier alpha value is -3.22. The molecular weight excluding hydrogens is 360 g/mol. The van der Waals surface area contributed by atoms with Crippen LogP contribution in [0.15, 0.2) is 36.4 Å². The summed E-state index contributed by atoms with van der Waals surface area (Å²) in [6.07, 6.45) is 0.171. The molecule has 1 N–H and O–H groups in total. The van der Waals surface area contributed by atoms with Crippen LogP contribution in [0.2, 0.25) is 0 Å². The molecule has 1 fully saturated rings. The second-order valence-corrected chi connectivity index (χ2v) is 6.60. The van der Waals surface area contributed by atoms with Gasteiger partial charge in [-0.15, -0.1) is 0 Å². The van der Waals surface area contributed by atoms with Crippen LogP contribution in [0.1, 0.15) is 12.0 Å². The number of amides is 2. The molecule has 28 heavy (non-hydrogen) atoms. The van der Waals surface area contributed by atoms with Crippen LogP contribution < -0.4 is 24.4 Å². The lowest BCUT2D eigenvalue weighted by atomic mass is 10.1. The molecule has 7 nitrogen and oxygen atoms in total. The molecule has 1 aliphatic heterocycles. The van der Waals surface area contributed by atoms with E-state index in [0.29, 0.717) is 29.5 Å². The maximum absolute atomic E-state index is 12.8. The fraction of sp³-hybridized carbons (Fsp3) is 0.333. The van der Waals surface area contributed by atoms with Gasteiger partial charge in [-0.2, -0.15) is 0 Å². The van der Waals surface area contributed by atoms with Crippen LogP contribution in [0.5, 0.6) is 17.2 Å². The summed E-state index contributed by atoms with van der Waals surface area (Å²) in [6, 6.07) is 11.0. The molecule has 2 aromatic rings. The fourth-order valence-electron chi connectivity index (χ4n) is 3.38. The molecule has 1 atom stereocenters. The highest BCUT2D eigenvalue weighted by Gasteiger charge is 2.35. The van der Waals surface area contributed by atoms with Gasteiger partial charge >= 0.3 is 0 Å². The Morgan fingerprint density at radius 2 is 1.71 bits per heavy atom. The zero-order valence-corrected chi connectivity index (χ0v) is 16.4. The summed E-state index contributed by atoms with van der Waals surface area (Å²) in [7, 11) is 4.54. The third kappa shape index (κ3) is 3.74. The molecule has 1 heterocycles. The number of carbonyl (C=O) groups excluding carboxylic acids is 2. The van der Waals surface area contributed by atoms with Crippen molar-refractivity contribution < 1.29 is 23.8 Å². The van der Waals surface area contributed by atoms with Gasteiger partial charge in [-0.05, 0) is 18.6 Å². The van der Waals surface area contributed by atoms with Gasteiger partial charge in [0.1, 0.15) is 0 Å². The number of methoxy groups -OCH3 is 3. The molecule has 1 aliphatic rings. The van der Waals surface area contributed by atoms with Crippen LogP contribution in [-0.2, 0) is 9.59 Å². The number of aryl methyl sites for hydroxylation is 1. The van der Waals surface area contributed by atoms with Crippen molar-refractivity contribution in [2.75, 3.05) is 38.1 Å². The number of rotatable bonds is 6. The summed E-state index contributed by atoms with van der Waals surface area (Å²) in [4.78, 5) is 26.9. The highest BCUT2D eigenvalue weighted by atomic mass is 16.5. The fourth-order valence-corrected chi connectivity index (χ4v) is 3.38. The Morgan fingerprint density at radius 1 is 1.07 bits per heavy atom. The van der Waals surface area contributed by atoms with Gasteiger partial charge in [0.15, 0.2) is 11.5 Å². The molecule has 0 spiro atoms. The molecule has 3 rings (SSSR count). The van der Waals surface area contributed by atoms with Crippen LogP contribution in [0.4, 0.5) is 11.4 Å². The largest absolute Gasteiger partial charge is 0.493 e. The number of hydrogen-bond acceptors (Lipinski definition) is 5. The van der Waals surface area contributed by atoms with Gasteiger partial charge in [-0.1, -0.05) is 18.2 Å². The first-order chi connectivity index (χ1) is 13.5. The van der Waals surface area contributed by atoms with E-state index in [-0.39, 0.29) is 18.2 Å². The molecule has 7 heteroatoms. The maximum atomic E-state index is 12.8. The summed E-state index contributed by atoms with van der Waals surface area (Å²) in [6.45, 7) is 2.30. The van der Waals surface area contributed by atoms with Crippen LogP contribution in [0.3, 0.4) is 0 Å². The van der Waals surface area contributed by atoms with Gasteiger partial charge in [0.25, 0.3) is 0 Å². The van der Waals surface area contributed by atoms with E-state index >= 15 is 0 Å². The minimum Gasteiger partial charge on any atom is -0.493 e. The van der Waals surface area contributed by atoms with Gasteiger partial charge in [-0.25, -0.2) is 0 Å². The highest BCUT2D eigenvalue weighted by Crippen LogP contribution is 2.40. The normalized spacial score (nSPS) is 16.1. The van der Waals surface area contributed by atoms with E-state index < -0.39 is 5.92 Å². The maximum Gasteiger partial charge on any atom is 0.229 e. The summed E-state index contributed by atoms with van der Waals surface area (Å²) in [5.41, 5.74) is 2.36. The first-order valence-electron chi connectivity index (χ1n) is 8.95. The Morgan fingerprint density at radius 3 is 2.29 bits per heavy atom. The van der Waals surface area contributed by atoms with Crippen molar-refractivity contribution in [3.63, 3.8) is 0 Å². The summed E-state index contributed by atoms with van der Waals surface area (Å²) >= 11 is 0. The zero-order valence-electron chi connectivity index (χ0n) is 16.4. The smallest absolute Gasteiger partial charge is 0.229 e. The van der Waals surface area contributed by atoms with Crippen molar-refractivity contribution in [3.05, 3.63) is 42.0 Å². The Kier molecular flexibility index (Phi) is 5.73. The number of carbonyl (C=O) groups is 2. The zero-order chi connectivity index (χ0) is 20.3. The number of para-hydroxylation sites is 1. The molecule has 148 valence electrons. The highest BCUT2D eigenvalue weighted by molar-refractivity contribution is 6.04. The molecule has 0 bridgehead atoms. The Bertz CT molecular complexity index is 871. The number of nitrogens with zero attached hydrogens (tertiary/aromatic N) is 1. The average molecular weight is 384 g/mol. The molecule has 1 saturated heterocycles. The topological polar surface area (TPSA) is 77.1 Å². The minimum atomic E-state index is -0.439. The lowest BCUT2D eigenvalue weighted by Crippen LogP contribution is -2.28. The lowest BCUT2D eigenvalue weighted by molar-refractivity contribution is -0.122. The monoisotopic (exact) mass is 384 g/mol. The van der Waals surface area contributed by atoms with Crippen molar-refractivity contribution >= 4 is 23.2 Å². The van der Waals surface area contributed by atoms with Crippen molar-refractivity contribution in [2.45, 2.75) is 13.3 Å². The van der Waals surface area contributed by atoms with E-state index in [1.165, 1.54) is 21.3 Å². The molecule has 2 amide bonds. The van der Waals surface area contributed by atoms with Gasteiger partial charge < -0.3 is 24.4 Å². The Labute approximate surface area is 164 Å². The Balaban J connectivity index is 1.77. The first-order valence-corrected chi connectivity index (χ1v) is 8.95. The average Bonchev–Trinajstić information content (AvgIpc) is 3.09. The van der Waals surface area contributed by atoms with Crippen molar-refractivity contribution in [1.82, 2.24) is 0 Å². The minimum absolute atomic E-state index is 0.0562. The van der Waals surface area contributed by atoms with Crippen molar-refractivity contribution in [2.24, 2.45) is 5.92 Å². The third-order valence-corrected chi connectivity index (χ3v) is 4.83.